The molecule has 0 amide bonds. The van der Waals surface area contributed by atoms with Crippen LogP contribution in [0.3, 0.4) is 0 Å². The van der Waals surface area contributed by atoms with E-state index in [1.165, 1.54) is 6.07 Å². The van der Waals surface area contributed by atoms with Crippen molar-refractivity contribution in [2.24, 2.45) is 5.73 Å². The fourth-order valence-electron chi connectivity index (χ4n) is 1.58. The molecule has 0 saturated heterocycles. The summed E-state index contributed by atoms with van der Waals surface area (Å²) in [7, 11) is 0. The number of rotatable bonds is 4. The van der Waals surface area contributed by atoms with Crippen molar-refractivity contribution in [3.05, 3.63) is 42.0 Å². The van der Waals surface area contributed by atoms with Gasteiger partial charge in [-0.05, 0) is 31.5 Å². The number of halogens is 1. The molecule has 0 bridgehead atoms. The highest BCUT2D eigenvalue weighted by Crippen LogP contribution is 2.26. The zero-order valence-corrected chi connectivity index (χ0v) is 10.4. The Morgan fingerprint density at radius 2 is 2.28 bits per heavy atom. The van der Waals surface area contributed by atoms with Crippen molar-refractivity contribution in [2.75, 3.05) is 0 Å². The third-order valence-electron chi connectivity index (χ3n) is 2.64. The largest absolute Gasteiger partial charge is 0.451 e. The average Bonchev–Trinajstić information content (AvgIpc) is 2.79. The highest BCUT2D eigenvalue weighted by molar-refractivity contribution is 5.33. The minimum absolute atomic E-state index is 0.176. The molecule has 96 valence electrons. The SMILES string of the molecule is CCn1cc(Oc2ccc(C(C)N)cc2F)cn1. The quantitative estimate of drug-likeness (QED) is 0.906. The van der Waals surface area contributed by atoms with Crippen LogP contribution in [-0.4, -0.2) is 9.78 Å². The second-order valence-corrected chi connectivity index (χ2v) is 4.11. The molecule has 2 aromatic rings. The summed E-state index contributed by atoms with van der Waals surface area (Å²) < 4.78 is 20.9. The molecule has 0 saturated carbocycles. The van der Waals surface area contributed by atoms with Gasteiger partial charge < -0.3 is 10.5 Å². The predicted octanol–water partition coefficient (Wildman–Crippen LogP) is 2.85. The second-order valence-electron chi connectivity index (χ2n) is 4.11. The summed E-state index contributed by atoms with van der Waals surface area (Å²) in [6.45, 7) is 4.52. The second kappa shape index (κ2) is 5.18. The van der Waals surface area contributed by atoms with Crippen molar-refractivity contribution in [1.29, 1.82) is 0 Å². The smallest absolute Gasteiger partial charge is 0.166 e. The fourth-order valence-corrected chi connectivity index (χ4v) is 1.58. The zero-order chi connectivity index (χ0) is 13.1. The molecule has 1 heterocycles. The van der Waals surface area contributed by atoms with Gasteiger partial charge in [0.25, 0.3) is 0 Å². The van der Waals surface area contributed by atoms with Gasteiger partial charge in [-0.3, -0.25) is 4.68 Å². The molecule has 1 aromatic heterocycles. The van der Waals surface area contributed by atoms with Crippen molar-refractivity contribution in [3.63, 3.8) is 0 Å². The van der Waals surface area contributed by atoms with Gasteiger partial charge in [0.1, 0.15) is 0 Å². The van der Waals surface area contributed by atoms with Gasteiger partial charge in [0.05, 0.1) is 12.4 Å². The maximum absolute atomic E-state index is 13.8. The van der Waals surface area contributed by atoms with Gasteiger partial charge in [-0.25, -0.2) is 4.39 Å². The molecule has 5 heteroatoms. The third-order valence-corrected chi connectivity index (χ3v) is 2.64. The summed E-state index contributed by atoms with van der Waals surface area (Å²) in [6.07, 6.45) is 3.28. The number of aromatic nitrogens is 2. The molecule has 1 unspecified atom stereocenters. The minimum atomic E-state index is -0.422. The van der Waals surface area contributed by atoms with Crippen LogP contribution >= 0.6 is 0 Å². The van der Waals surface area contributed by atoms with Crippen LogP contribution in [0.5, 0.6) is 11.5 Å². The van der Waals surface area contributed by atoms with Gasteiger partial charge in [0.2, 0.25) is 0 Å². The molecule has 0 fully saturated rings. The fraction of sp³-hybridized carbons (Fsp3) is 0.308. The number of nitrogens with zero attached hydrogens (tertiary/aromatic N) is 2. The lowest BCUT2D eigenvalue weighted by atomic mass is 10.1. The Bertz CT molecular complexity index is 537. The lowest BCUT2D eigenvalue weighted by molar-refractivity contribution is 0.440. The summed E-state index contributed by atoms with van der Waals surface area (Å²) in [5, 5.41) is 4.06. The van der Waals surface area contributed by atoms with Crippen LogP contribution in [0.1, 0.15) is 25.5 Å². The Hall–Kier alpha value is -1.88. The highest BCUT2D eigenvalue weighted by atomic mass is 19.1. The number of hydrogen-bond donors (Lipinski definition) is 1. The van der Waals surface area contributed by atoms with E-state index < -0.39 is 5.82 Å². The van der Waals surface area contributed by atoms with Gasteiger partial charge in [-0.2, -0.15) is 5.10 Å². The first-order chi connectivity index (χ1) is 8.60. The molecular formula is C13H16FN3O. The Labute approximate surface area is 105 Å². The first kappa shape index (κ1) is 12.6. The number of benzene rings is 1. The molecule has 0 aliphatic rings. The molecular weight excluding hydrogens is 233 g/mol. The third kappa shape index (κ3) is 2.68. The van der Waals surface area contributed by atoms with Crippen LogP contribution in [0.2, 0.25) is 0 Å². The van der Waals surface area contributed by atoms with Crippen molar-refractivity contribution < 1.29 is 9.13 Å². The standard InChI is InChI=1S/C13H16FN3O/c1-3-17-8-11(7-16-17)18-13-5-4-10(9(2)15)6-12(13)14/h4-9H,3,15H2,1-2H3. The average molecular weight is 249 g/mol. The Morgan fingerprint density at radius 1 is 1.50 bits per heavy atom. The van der Waals surface area contributed by atoms with Crippen molar-refractivity contribution in [2.45, 2.75) is 26.4 Å². The zero-order valence-electron chi connectivity index (χ0n) is 10.4. The molecule has 1 aromatic carbocycles. The van der Waals surface area contributed by atoms with Crippen LogP contribution in [0, 0.1) is 5.82 Å². The number of hydrogen-bond acceptors (Lipinski definition) is 3. The molecule has 0 aliphatic carbocycles. The van der Waals surface area contributed by atoms with Crippen molar-refractivity contribution >= 4 is 0 Å². The van der Waals surface area contributed by atoms with Crippen molar-refractivity contribution in [1.82, 2.24) is 9.78 Å². The summed E-state index contributed by atoms with van der Waals surface area (Å²) in [5.74, 6) is 0.272. The van der Waals surface area contributed by atoms with Crippen molar-refractivity contribution in [3.8, 4) is 11.5 Å². The summed E-state index contributed by atoms with van der Waals surface area (Å²) in [6, 6.07) is 4.53. The summed E-state index contributed by atoms with van der Waals surface area (Å²) in [5.41, 5.74) is 6.43. The molecule has 2 rings (SSSR count). The molecule has 0 spiro atoms. The number of aryl methyl sites for hydroxylation is 1. The molecule has 18 heavy (non-hydrogen) atoms. The van der Waals surface area contributed by atoms with Crippen LogP contribution in [0.4, 0.5) is 4.39 Å². The predicted molar refractivity (Wildman–Crippen MR) is 67.0 cm³/mol. The first-order valence-corrected chi connectivity index (χ1v) is 5.85. The van der Waals surface area contributed by atoms with Crippen LogP contribution in [0.15, 0.2) is 30.6 Å². The Kier molecular flexibility index (Phi) is 3.62. The van der Waals surface area contributed by atoms with Crippen LogP contribution < -0.4 is 10.5 Å². The van der Waals surface area contributed by atoms with Gasteiger partial charge in [-0.1, -0.05) is 6.07 Å². The van der Waals surface area contributed by atoms with E-state index in [1.54, 1.807) is 36.1 Å². The molecule has 0 radical (unpaired) electrons. The van der Waals surface area contributed by atoms with E-state index in [4.69, 9.17) is 10.5 Å². The van der Waals surface area contributed by atoms with Crippen LogP contribution in [-0.2, 0) is 6.54 Å². The Balaban J connectivity index is 2.19. The normalized spacial score (nSPS) is 12.4. The first-order valence-electron chi connectivity index (χ1n) is 5.85. The molecule has 0 aliphatic heterocycles. The monoisotopic (exact) mass is 249 g/mol. The van der Waals surface area contributed by atoms with Gasteiger partial charge >= 0.3 is 0 Å². The van der Waals surface area contributed by atoms with Gasteiger partial charge in [0, 0.05) is 12.6 Å². The van der Waals surface area contributed by atoms with Crippen LogP contribution in [0.25, 0.3) is 0 Å². The highest BCUT2D eigenvalue weighted by Gasteiger charge is 2.09. The molecule has 1 atom stereocenters. The van der Waals surface area contributed by atoms with Gasteiger partial charge in [0.15, 0.2) is 17.3 Å². The summed E-state index contributed by atoms with van der Waals surface area (Å²) >= 11 is 0. The minimum Gasteiger partial charge on any atom is -0.451 e. The van der Waals surface area contributed by atoms with E-state index >= 15 is 0 Å². The number of nitrogens with two attached hydrogens (primary N) is 1. The van der Waals surface area contributed by atoms with E-state index in [-0.39, 0.29) is 11.8 Å². The van der Waals surface area contributed by atoms with E-state index in [0.29, 0.717) is 5.75 Å². The molecule has 2 N–H and O–H groups in total. The summed E-state index contributed by atoms with van der Waals surface area (Å²) in [4.78, 5) is 0. The van der Waals surface area contributed by atoms with E-state index in [0.717, 1.165) is 12.1 Å². The van der Waals surface area contributed by atoms with Gasteiger partial charge in [-0.15, -0.1) is 0 Å². The Morgan fingerprint density at radius 3 is 2.83 bits per heavy atom. The lowest BCUT2D eigenvalue weighted by Crippen LogP contribution is -2.05. The van der Waals surface area contributed by atoms with E-state index in [1.807, 2.05) is 6.92 Å². The topological polar surface area (TPSA) is 53.1 Å². The number of ether oxygens (including phenoxy) is 1. The maximum atomic E-state index is 13.8. The molecule has 4 nitrogen and oxygen atoms in total. The maximum Gasteiger partial charge on any atom is 0.166 e. The lowest BCUT2D eigenvalue weighted by Gasteiger charge is -2.08. The van der Waals surface area contributed by atoms with E-state index in [9.17, 15) is 4.39 Å². The van der Waals surface area contributed by atoms with E-state index in [2.05, 4.69) is 5.10 Å².